The third-order valence-corrected chi connectivity index (χ3v) is 3.86. The molecule has 0 aliphatic carbocycles. The molecule has 112 valence electrons. The van der Waals surface area contributed by atoms with Gasteiger partial charge in [0.05, 0.1) is 11.6 Å². The molecular weight excluding hydrogens is 274 g/mol. The number of hydrogen-bond donors (Lipinski definition) is 1. The van der Waals surface area contributed by atoms with E-state index in [2.05, 4.69) is 17.0 Å². The van der Waals surface area contributed by atoms with Crippen molar-refractivity contribution in [2.24, 2.45) is 5.73 Å². The third-order valence-electron chi connectivity index (χ3n) is 3.86. The lowest BCUT2D eigenvalue weighted by molar-refractivity contribution is 0.480. The largest absolute Gasteiger partial charge is 0.457 e. The highest BCUT2D eigenvalue weighted by molar-refractivity contribution is 5.52. The number of rotatable bonds is 3. The second kappa shape index (κ2) is 6.50. The zero-order valence-electron chi connectivity index (χ0n) is 12.4. The van der Waals surface area contributed by atoms with Gasteiger partial charge >= 0.3 is 0 Å². The number of piperidine rings is 1. The molecule has 3 rings (SSSR count). The molecule has 4 nitrogen and oxygen atoms in total. The minimum absolute atomic E-state index is 0.247. The summed E-state index contributed by atoms with van der Waals surface area (Å²) < 4.78 is 5.87. The molecule has 0 saturated carbocycles. The summed E-state index contributed by atoms with van der Waals surface area (Å²) in [6, 6.07) is 17.5. The molecule has 0 radical (unpaired) electrons. The molecule has 2 N–H and O–H groups in total. The Morgan fingerprint density at radius 2 is 1.95 bits per heavy atom. The van der Waals surface area contributed by atoms with Crippen molar-refractivity contribution in [2.45, 2.75) is 18.9 Å². The van der Waals surface area contributed by atoms with E-state index in [1.807, 2.05) is 30.3 Å². The Bertz CT molecular complexity index is 675. The first-order valence-corrected chi connectivity index (χ1v) is 7.53. The van der Waals surface area contributed by atoms with E-state index in [1.54, 1.807) is 12.1 Å². The van der Waals surface area contributed by atoms with Crippen molar-refractivity contribution >= 4 is 5.69 Å². The first kappa shape index (κ1) is 14.4. The highest BCUT2D eigenvalue weighted by Crippen LogP contribution is 2.27. The molecule has 1 heterocycles. The van der Waals surface area contributed by atoms with Gasteiger partial charge in [0.2, 0.25) is 0 Å². The number of nitriles is 1. The van der Waals surface area contributed by atoms with Crippen LogP contribution in [0.15, 0.2) is 48.5 Å². The lowest BCUT2D eigenvalue weighted by Gasteiger charge is -2.32. The van der Waals surface area contributed by atoms with E-state index in [0.717, 1.165) is 43.1 Å². The van der Waals surface area contributed by atoms with Crippen LogP contribution in [0.5, 0.6) is 11.5 Å². The Balaban J connectivity index is 1.74. The molecule has 0 amide bonds. The molecule has 1 aliphatic heterocycles. The van der Waals surface area contributed by atoms with Gasteiger partial charge in [-0.05, 0) is 49.2 Å². The molecule has 0 unspecified atom stereocenters. The van der Waals surface area contributed by atoms with Crippen molar-refractivity contribution < 1.29 is 4.74 Å². The van der Waals surface area contributed by atoms with Crippen molar-refractivity contribution in [3.8, 4) is 17.6 Å². The first-order chi connectivity index (χ1) is 10.7. The van der Waals surface area contributed by atoms with Gasteiger partial charge < -0.3 is 15.4 Å². The SMILES string of the molecule is N#Cc1ccc(Oc2cccc(N3CCC[C@H](N)C3)c2)cc1. The average molecular weight is 293 g/mol. The molecule has 1 atom stereocenters. The number of benzene rings is 2. The molecule has 0 bridgehead atoms. The highest BCUT2D eigenvalue weighted by Gasteiger charge is 2.17. The minimum Gasteiger partial charge on any atom is -0.457 e. The van der Waals surface area contributed by atoms with Crippen LogP contribution in [-0.2, 0) is 0 Å². The van der Waals surface area contributed by atoms with Gasteiger partial charge in [0.25, 0.3) is 0 Å². The fourth-order valence-corrected chi connectivity index (χ4v) is 2.72. The van der Waals surface area contributed by atoms with Gasteiger partial charge in [-0.2, -0.15) is 5.26 Å². The first-order valence-electron chi connectivity index (χ1n) is 7.53. The van der Waals surface area contributed by atoms with Gasteiger partial charge in [-0.1, -0.05) is 6.07 Å². The fourth-order valence-electron chi connectivity index (χ4n) is 2.72. The fraction of sp³-hybridized carbons (Fsp3) is 0.278. The Labute approximate surface area is 130 Å². The molecule has 1 saturated heterocycles. The van der Waals surface area contributed by atoms with Crippen molar-refractivity contribution in [1.82, 2.24) is 0 Å². The summed E-state index contributed by atoms with van der Waals surface area (Å²) in [5.74, 6) is 1.52. The van der Waals surface area contributed by atoms with E-state index in [4.69, 9.17) is 15.7 Å². The Hall–Kier alpha value is -2.51. The minimum atomic E-state index is 0.247. The summed E-state index contributed by atoms with van der Waals surface area (Å²) in [6.45, 7) is 1.92. The predicted octanol–water partition coefficient (Wildman–Crippen LogP) is 3.28. The van der Waals surface area contributed by atoms with Crippen LogP contribution in [0.4, 0.5) is 5.69 Å². The molecule has 4 heteroatoms. The quantitative estimate of drug-likeness (QED) is 0.943. The topological polar surface area (TPSA) is 62.3 Å². The maximum absolute atomic E-state index is 8.81. The zero-order valence-corrected chi connectivity index (χ0v) is 12.4. The maximum atomic E-state index is 8.81. The van der Waals surface area contributed by atoms with Crippen molar-refractivity contribution in [1.29, 1.82) is 5.26 Å². The number of anilines is 1. The van der Waals surface area contributed by atoms with Crippen LogP contribution in [-0.4, -0.2) is 19.1 Å². The van der Waals surface area contributed by atoms with E-state index in [1.165, 1.54) is 0 Å². The smallest absolute Gasteiger partial charge is 0.129 e. The monoisotopic (exact) mass is 293 g/mol. The van der Waals surface area contributed by atoms with Gasteiger partial charge in [0.15, 0.2) is 0 Å². The van der Waals surface area contributed by atoms with Gasteiger partial charge in [-0.3, -0.25) is 0 Å². The Morgan fingerprint density at radius 1 is 1.14 bits per heavy atom. The molecule has 2 aromatic carbocycles. The lowest BCUT2D eigenvalue weighted by Crippen LogP contribution is -2.42. The molecule has 22 heavy (non-hydrogen) atoms. The molecular formula is C18H19N3O. The molecule has 0 spiro atoms. The van der Waals surface area contributed by atoms with Crippen LogP contribution in [0.3, 0.4) is 0 Å². The van der Waals surface area contributed by atoms with Crippen LogP contribution in [0.25, 0.3) is 0 Å². The summed E-state index contributed by atoms with van der Waals surface area (Å²) in [7, 11) is 0. The maximum Gasteiger partial charge on any atom is 0.129 e. The Kier molecular flexibility index (Phi) is 4.27. The summed E-state index contributed by atoms with van der Waals surface area (Å²) >= 11 is 0. The molecule has 0 aromatic heterocycles. The molecule has 2 aromatic rings. The van der Waals surface area contributed by atoms with Crippen LogP contribution >= 0.6 is 0 Å². The van der Waals surface area contributed by atoms with Gasteiger partial charge in [0, 0.05) is 30.9 Å². The number of nitrogens with zero attached hydrogens (tertiary/aromatic N) is 2. The molecule has 1 aliphatic rings. The third kappa shape index (κ3) is 3.38. The van der Waals surface area contributed by atoms with Crippen LogP contribution < -0.4 is 15.4 Å². The second-order valence-electron chi connectivity index (χ2n) is 5.58. The number of hydrogen-bond acceptors (Lipinski definition) is 4. The van der Waals surface area contributed by atoms with E-state index in [-0.39, 0.29) is 6.04 Å². The second-order valence-corrected chi connectivity index (χ2v) is 5.58. The molecule has 1 fully saturated rings. The normalized spacial score (nSPS) is 17.8. The number of nitrogens with two attached hydrogens (primary N) is 1. The zero-order chi connectivity index (χ0) is 15.4. The summed E-state index contributed by atoms with van der Waals surface area (Å²) in [4.78, 5) is 2.31. The Morgan fingerprint density at radius 3 is 2.68 bits per heavy atom. The van der Waals surface area contributed by atoms with Gasteiger partial charge in [-0.25, -0.2) is 0 Å². The van der Waals surface area contributed by atoms with Crippen LogP contribution in [0.2, 0.25) is 0 Å². The van der Waals surface area contributed by atoms with Crippen molar-refractivity contribution in [2.75, 3.05) is 18.0 Å². The van der Waals surface area contributed by atoms with E-state index in [0.29, 0.717) is 5.56 Å². The average Bonchev–Trinajstić information content (AvgIpc) is 2.56. The van der Waals surface area contributed by atoms with Crippen LogP contribution in [0.1, 0.15) is 18.4 Å². The van der Waals surface area contributed by atoms with Crippen molar-refractivity contribution in [3.63, 3.8) is 0 Å². The number of ether oxygens (including phenoxy) is 1. The van der Waals surface area contributed by atoms with Gasteiger partial charge in [-0.15, -0.1) is 0 Å². The van der Waals surface area contributed by atoms with E-state index >= 15 is 0 Å². The lowest BCUT2D eigenvalue weighted by atomic mass is 10.1. The van der Waals surface area contributed by atoms with Crippen molar-refractivity contribution in [3.05, 3.63) is 54.1 Å². The summed E-state index contributed by atoms with van der Waals surface area (Å²) in [5, 5.41) is 8.81. The van der Waals surface area contributed by atoms with Crippen LogP contribution in [0, 0.1) is 11.3 Å². The summed E-state index contributed by atoms with van der Waals surface area (Å²) in [6.07, 6.45) is 2.22. The highest BCUT2D eigenvalue weighted by atomic mass is 16.5. The van der Waals surface area contributed by atoms with Gasteiger partial charge in [0.1, 0.15) is 11.5 Å². The standard InChI is InChI=1S/C18H19N3O/c19-12-14-6-8-17(9-7-14)22-18-5-1-4-16(11-18)21-10-2-3-15(20)13-21/h1,4-9,11,15H,2-3,10,13,20H2/t15-/m0/s1. The van der Waals surface area contributed by atoms with E-state index < -0.39 is 0 Å². The summed E-state index contributed by atoms with van der Waals surface area (Å²) in [5.41, 5.74) is 7.82. The predicted molar refractivity (Wildman–Crippen MR) is 87.1 cm³/mol. The van der Waals surface area contributed by atoms with E-state index in [9.17, 15) is 0 Å².